The summed E-state index contributed by atoms with van der Waals surface area (Å²) in [5, 5.41) is 38.8. The number of aromatic hydroxyl groups is 4. The Hall–Kier alpha value is -4.72. The number of anilines is 2. The lowest BCUT2D eigenvalue weighted by Gasteiger charge is -2.10. The zero-order valence-corrected chi connectivity index (χ0v) is 17.4. The first-order valence-electron chi connectivity index (χ1n) is 9.95. The van der Waals surface area contributed by atoms with E-state index in [1.165, 1.54) is 24.3 Å². The van der Waals surface area contributed by atoms with Crippen LogP contribution in [0.1, 0.15) is 11.1 Å². The summed E-state index contributed by atoms with van der Waals surface area (Å²) in [6, 6.07) is 20.1. The van der Waals surface area contributed by atoms with Crippen molar-refractivity contribution in [2.24, 2.45) is 0 Å². The molecule has 168 valence electrons. The number of ether oxygens (including phenoxy) is 2. The minimum atomic E-state index is -0.251. The molecule has 4 aromatic rings. The number of phenolic OH excluding ortho intramolecular Hbond substituents is 4. The molecule has 0 heterocycles. The van der Waals surface area contributed by atoms with E-state index in [1.807, 2.05) is 24.3 Å². The second-order valence-electron chi connectivity index (χ2n) is 7.42. The summed E-state index contributed by atoms with van der Waals surface area (Å²) in [4.78, 5) is 0. The molecule has 0 aliphatic carbocycles. The van der Waals surface area contributed by atoms with Gasteiger partial charge in [-0.25, -0.2) is 0 Å². The number of phenols is 4. The lowest BCUT2D eigenvalue weighted by Crippen LogP contribution is -1.92. The summed E-state index contributed by atoms with van der Waals surface area (Å²) in [6.07, 6.45) is 0.674. The van der Waals surface area contributed by atoms with Gasteiger partial charge in [-0.3, -0.25) is 0 Å². The van der Waals surface area contributed by atoms with Gasteiger partial charge < -0.3 is 41.4 Å². The van der Waals surface area contributed by atoms with E-state index in [1.54, 1.807) is 24.3 Å². The summed E-state index contributed by atoms with van der Waals surface area (Å²) in [5.41, 5.74) is 12.9. The first-order chi connectivity index (χ1) is 15.8. The van der Waals surface area contributed by atoms with Crippen LogP contribution in [0.4, 0.5) is 11.4 Å². The van der Waals surface area contributed by atoms with E-state index in [0.717, 1.165) is 11.1 Å². The van der Waals surface area contributed by atoms with Crippen LogP contribution in [0.3, 0.4) is 0 Å². The Labute approximate surface area is 189 Å². The van der Waals surface area contributed by atoms with E-state index in [4.69, 9.17) is 20.9 Å². The van der Waals surface area contributed by atoms with Gasteiger partial charge in [0.05, 0.1) is 0 Å². The predicted molar refractivity (Wildman–Crippen MR) is 124 cm³/mol. The molecule has 0 radical (unpaired) electrons. The molecule has 0 fully saturated rings. The maximum absolute atomic E-state index is 9.70. The Morgan fingerprint density at radius 2 is 0.788 bits per heavy atom. The van der Waals surface area contributed by atoms with Gasteiger partial charge in [0.2, 0.25) is 0 Å². The molecule has 0 aromatic heterocycles. The van der Waals surface area contributed by atoms with E-state index in [-0.39, 0.29) is 45.9 Å². The largest absolute Gasteiger partial charge is 0.506 e. The highest BCUT2D eigenvalue weighted by molar-refractivity contribution is 5.65. The highest BCUT2D eigenvalue weighted by Gasteiger charge is 2.09. The maximum atomic E-state index is 9.70. The van der Waals surface area contributed by atoms with Crippen molar-refractivity contribution in [2.45, 2.75) is 6.42 Å². The number of nitrogen functional groups attached to an aromatic ring is 2. The van der Waals surface area contributed by atoms with Gasteiger partial charge in [0, 0.05) is 24.3 Å². The van der Waals surface area contributed by atoms with Crippen molar-refractivity contribution >= 4 is 11.4 Å². The van der Waals surface area contributed by atoms with Crippen LogP contribution < -0.4 is 20.9 Å². The van der Waals surface area contributed by atoms with Crippen molar-refractivity contribution in [1.29, 1.82) is 0 Å². The zero-order valence-electron chi connectivity index (χ0n) is 17.4. The third kappa shape index (κ3) is 4.96. The molecule has 0 aliphatic rings. The molecule has 0 aliphatic heterocycles. The molecule has 0 saturated heterocycles. The Balaban J connectivity index is 1.39. The Morgan fingerprint density at radius 3 is 1.09 bits per heavy atom. The van der Waals surface area contributed by atoms with Crippen LogP contribution in [-0.2, 0) is 6.42 Å². The topological polar surface area (TPSA) is 151 Å². The van der Waals surface area contributed by atoms with Gasteiger partial charge in [0.25, 0.3) is 0 Å². The first kappa shape index (κ1) is 21.5. The van der Waals surface area contributed by atoms with Crippen LogP contribution in [0.5, 0.6) is 46.0 Å². The third-order valence-corrected chi connectivity index (χ3v) is 4.95. The number of hydrogen-bond donors (Lipinski definition) is 6. The smallest absolute Gasteiger partial charge is 0.146 e. The van der Waals surface area contributed by atoms with Gasteiger partial charge in [-0.2, -0.15) is 0 Å². The Kier molecular flexibility index (Phi) is 5.73. The van der Waals surface area contributed by atoms with Crippen molar-refractivity contribution in [3.05, 3.63) is 83.9 Å². The molecular weight excluding hydrogens is 424 g/mol. The summed E-state index contributed by atoms with van der Waals surface area (Å²) in [7, 11) is 0. The van der Waals surface area contributed by atoms with Gasteiger partial charge in [-0.05, 0) is 41.8 Å². The number of hydrogen-bond acceptors (Lipinski definition) is 8. The average Bonchev–Trinajstić information content (AvgIpc) is 2.78. The monoisotopic (exact) mass is 446 g/mol. The number of rotatable bonds is 6. The van der Waals surface area contributed by atoms with Gasteiger partial charge >= 0.3 is 0 Å². The molecule has 8 N–H and O–H groups in total. The molecule has 8 heteroatoms. The molecule has 8 nitrogen and oxygen atoms in total. The molecule has 4 aromatic carbocycles. The number of nitrogens with two attached hydrogens (primary N) is 2. The van der Waals surface area contributed by atoms with E-state index >= 15 is 0 Å². The van der Waals surface area contributed by atoms with E-state index < -0.39 is 0 Å². The van der Waals surface area contributed by atoms with Crippen LogP contribution in [0, 0.1) is 0 Å². The summed E-state index contributed by atoms with van der Waals surface area (Å²) in [6.45, 7) is 0. The van der Waals surface area contributed by atoms with Crippen LogP contribution in [0.25, 0.3) is 0 Å². The summed E-state index contributed by atoms with van der Waals surface area (Å²) < 4.78 is 11.3. The van der Waals surface area contributed by atoms with Crippen LogP contribution in [0.2, 0.25) is 0 Å². The van der Waals surface area contributed by atoms with E-state index in [9.17, 15) is 20.4 Å². The fourth-order valence-corrected chi connectivity index (χ4v) is 3.17. The lowest BCUT2D eigenvalue weighted by molar-refractivity contribution is 0.434. The second kappa shape index (κ2) is 8.80. The molecule has 0 saturated carbocycles. The highest BCUT2D eigenvalue weighted by Crippen LogP contribution is 2.37. The van der Waals surface area contributed by atoms with Gasteiger partial charge in [0.15, 0.2) is 0 Å². The van der Waals surface area contributed by atoms with Crippen molar-refractivity contribution in [3.8, 4) is 46.0 Å². The van der Waals surface area contributed by atoms with Gasteiger partial charge in [-0.15, -0.1) is 0 Å². The molecule has 0 spiro atoms. The molecule has 4 rings (SSSR count). The predicted octanol–water partition coefficient (Wildman–Crippen LogP) is 4.85. The standard InChI is InChI=1S/C25H22N2O6/c26-24-20(28)10-18(11-21(24)29)32-16-5-1-14(2-6-16)9-15-3-7-17(8-4-15)33-19-12-22(30)25(27)23(31)13-19/h1-8,10-13,28-31H,9,26-27H2. The third-order valence-electron chi connectivity index (χ3n) is 4.95. The fourth-order valence-electron chi connectivity index (χ4n) is 3.17. The molecule has 0 amide bonds. The Bertz CT molecular complexity index is 1140. The second-order valence-corrected chi connectivity index (χ2v) is 7.42. The first-order valence-corrected chi connectivity index (χ1v) is 9.95. The quantitative estimate of drug-likeness (QED) is 0.182. The van der Waals surface area contributed by atoms with Gasteiger partial charge in [0.1, 0.15) is 57.4 Å². The maximum Gasteiger partial charge on any atom is 0.146 e. The van der Waals surface area contributed by atoms with Gasteiger partial charge in [-0.1, -0.05) is 24.3 Å². The molecular formula is C25H22N2O6. The van der Waals surface area contributed by atoms with E-state index in [2.05, 4.69) is 0 Å². The minimum absolute atomic E-state index is 0.0983. The lowest BCUT2D eigenvalue weighted by atomic mass is 10.0. The van der Waals surface area contributed by atoms with Crippen molar-refractivity contribution < 1.29 is 29.9 Å². The van der Waals surface area contributed by atoms with Crippen LogP contribution in [0.15, 0.2) is 72.8 Å². The van der Waals surface area contributed by atoms with Crippen molar-refractivity contribution in [1.82, 2.24) is 0 Å². The zero-order chi connectivity index (χ0) is 23.5. The van der Waals surface area contributed by atoms with Crippen molar-refractivity contribution in [3.63, 3.8) is 0 Å². The molecule has 0 bridgehead atoms. The molecule has 0 atom stereocenters. The molecule has 0 unspecified atom stereocenters. The normalized spacial score (nSPS) is 10.7. The highest BCUT2D eigenvalue weighted by atomic mass is 16.5. The molecule has 33 heavy (non-hydrogen) atoms. The van der Waals surface area contributed by atoms with Crippen LogP contribution in [-0.4, -0.2) is 20.4 Å². The summed E-state index contributed by atoms with van der Waals surface area (Å²) >= 11 is 0. The van der Waals surface area contributed by atoms with E-state index in [0.29, 0.717) is 17.9 Å². The van der Waals surface area contributed by atoms with Crippen LogP contribution >= 0.6 is 0 Å². The van der Waals surface area contributed by atoms with Crippen molar-refractivity contribution in [2.75, 3.05) is 11.5 Å². The SMILES string of the molecule is Nc1c(O)cc(Oc2ccc(Cc3ccc(Oc4cc(O)c(N)c(O)c4)cc3)cc2)cc1O. The number of benzene rings is 4. The summed E-state index contributed by atoms with van der Waals surface area (Å²) in [5.74, 6) is 0.619. The average molecular weight is 446 g/mol. The minimum Gasteiger partial charge on any atom is -0.506 e. The Morgan fingerprint density at radius 1 is 0.485 bits per heavy atom. The fraction of sp³-hybridized carbons (Fsp3) is 0.0400.